The van der Waals surface area contributed by atoms with Gasteiger partial charge in [-0.15, -0.1) is 0 Å². The maximum atomic E-state index is 11.3. The number of hydrogen-bond acceptors (Lipinski definition) is 4. The van der Waals surface area contributed by atoms with E-state index >= 15 is 0 Å². The molecule has 0 bridgehead atoms. The number of hydrogen-bond donors (Lipinski definition) is 2. The Hall–Kier alpha value is -1.88. The minimum atomic E-state index is -0.795. The van der Waals surface area contributed by atoms with Crippen LogP contribution in [0.4, 0.5) is 5.69 Å². The predicted octanol–water partition coefficient (Wildman–Crippen LogP) is 2.42. The van der Waals surface area contributed by atoms with Crippen molar-refractivity contribution in [1.82, 2.24) is 10.2 Å². The molecular formula is C22H29N3O. The first-order valence-corrected chi connectivity index (χ1v) is 9.62. The largest absolute Gasteiger partial charge is 0.382 e. The molecule has 4 rings (SSSR count). The van der Waals surface area contributed by atoms with Crippen LogP contribution in [0.15, 0.2) is 42.5 Å². The van der Waals surface area contributed by atoms with Gasteiger partial charge in [0.05, 0.1) is 0 Å². The van der Waals surface area contributed by atoms with Gasteiger partial charge in [0, 0.05) is 51.5 Å². The standard InChI is InChI=1S/C22H29N3O/c1-17-6-5-9-21(18(17)2)25-12-10-24(11-13-25)16-22(26)15-23-14-19-7-3-4-8-20(19)22/h3-9,23,26H,10-16H2,1-2H3. The average Bonchev–Trinajstić information content (AvgIpc) is 2.65. The summed E-state index contributed by atoms with van der Waals surface area (Å²) in [4.78, 5) is 4.89. The Kier molecular flexibility index (Phi) is 4.74. The van der Waals surface area contributed by atoms with Gasteiger partial charge in [0.25, 0.3) is 0 Å². The number of fused-ring (bicyclic) bond motifs is 1. The smallest absolute Gasteiger partial charge is 0.115 e. The van der Waals surface area contributed by atoms with Crippen molar-refractivity contribution in [2.24, 2.45) is 0 Å². The van der Waals surface area contributed by atoms with Crippen LogP contribution in [0.2, 0.25) is 0 Å². The third-order valence-corrected chi connectivity index (χ3v) is 6.03. The van der Waals surface area contributed by atoms with E-state index in [1.807, 2.05) is 6.07 Å². The fourth-order valence-electron chi connectivity index (χ4n) is 4.36. The van der Waals surface area contributed by atoms with Crippen LogP contribution < -0.4 is 10.2 Å². The van der Waals surface area contributed by atoms with E-state index in [0.717, 1.165) is 38.3 Å². The Morgan fingerprint density at radius 3 is 2.58 bits per heavy atom. The number of nitrogens with zero attached hydrogens (tertiary/aromatic N) is 2. The number of aryl methyl sites for hydroxylation is 1. The molecule has 138 valence electrons. The van der Waals surface area contributed by atoms with Gasteiger partial charge in [-0.3, -0.25) is 4.90 Å². The van der Waals surface area contributed by atoms with Crippen LogP contribution in [0.5, 0.6) is 0 Å². The number of rotatable bonds is 3. The van der Waals surface area contributed by atoms with E-state index in [4.69, 9.17) is 0 Å². The lowest BCUT2D eigenvalue weighted by Crippen LogP contribution is -2.55. The van der Waals surface area contributed by atoms with Crippen molar-refractivity contribution < 1.29 is 5.11 Å². The highest BCUT2D eigenvalue weighted by atomic mass is 16.3. The first-order valence-electron chi connectivity index (χ1n) is 9.62. The van der Waals surface area contributed by atoms with Gasteiger partial charge in [0.2, 0.25) is 0 Å². The molecular weight excluding hydrogens is 322 g/mol. The normalized spacial score (nSPS) is 23.7. The molecule has 0 aromatic heterocycles. The van der Waals surface area contributed by atoms with Crippen molar-refractivity contribution in [3.63, 3.8) is 0 Å². The molecule has 0 spiro atoms. The second-order valence-corrected chi connectivity index (χ2v) is 7.77. The van der Waals surface area contributed by atoms with Crippen LogP contribution in [-0.2, 0) is 12.1 Å². The third-order valence-electron chi connectivity index (χ3n) is 6.03. The minimum Gasteiger partial charge on any atom is -0.382 e. The van der Waals surface area contributed by atoms with Gasteiger partial charge in [0.15, 0.2) is 0 Å². The zero-order chi connectivity index (χ0) is 18.1. The molecule has 0 amide bonds. The molecule has 1 saturated heterocycles. The quantitative estimate of drug-likeness (QED) is 0.891. The monoisotopic (exact) mass is 351 g/mol. The van der Waals surface area contributed by atoms with Crippen LogP contribution in [0.25, 0.3) is 0 Å². The second-order valence-electron chi connectivity index (χ2n) is 7.77. The second kappa shape index (κ2) is 7.03. The van der Waals surface area contributed by atoms with Crippen molar-refractivity contribution >= 4 is 5.69 Å². The Balaban J connectivity index is 1.44. The molecule has 2 N–H and O–H groups in total. The van der Waals surface area contributed by atoms with Crippen molar-refractivity contribution in [3.05, 3.63) is 64.7 Å². The van der Waals surface area contributed by atoms with Crippen LogP contribution >= 0.6 is 0 Å². The summed E-state index contributed by atoms with van der Waals surface area (Å²) in [5.74, 6) is 0. The maximum Gasteiger partial charge on any atom is 0.115 e. The summed E-state index contributed by atoms with van der Waals surface area (Å²) in [7, 11) is 0. The topological polar surface area (TPSA) is 38.7 Å². The minimum absolute atomic E-state index is 0.626. The van der Waals surface area contributed by atoms with E-state index < -0.39 is 5.60 Å². The lowest BCUT2D eigenvalue weighted by Gasteiger charge is -2.42. The summed E-state index contributed by atoms with van der Waals surface area (Å²) >= 11 is 0. The van der Waals surface area contributed by atoms with E-state index in [2.05, 4.69) is 65.4 Å². The molecule has 2 aliphatic heterocycles. The SMILES string of the molecule is Cc1cccc(N2CCN(CC3(O)CNCc4ccccc43)CC2)c1C. The molecule has 4 nitrogen and oxygen atoms in total. The zero-order valence-electron chi connectivity index (χ0n) is 15.8. The van der Waals surface area contributed by atoms with E-state index in [-0.39, 0.29) is 0 Å². The average molecular weight is 351 g/mol. The van der Waals surface area contributed by atoms with Gasteiger partial charge in [-0.25, -0.2) is 0 Å². The highest BCUT2D eigenvalue weighted by Crippen LogP contribution is 2.30. The summed E-state index contributed by atoms with van der Waals surface area (Å²) in [6.45, 7) is 10.5. The molecule has 2 heterocycles. The fourth-order valence-corrected chi connectivity index (χ4v) is 4.36. The van der Waals surface area contributed by atoms with Crippen molar-refractivity contribution in [2.45, 2.75) is 26.0 Å². The molecule has 1 fully saturated rings. The van der Waals surface area contributed by atoms with Gasteiger partial charge in [-0.2, -0.15) is 0 Å². The van der Waals surface area contributed by atoms with Crippen LogP contribution in [-0.4, -0.2) is 49.3 Å². The highest BCUT2D eigenvalue weighted by Gasteiger charge is 2.36. The predicted molar refractivity (Wildman–Crippen MR) is 107 cm³/mol. The van der Waals surface area contributed by atoms with Gasteiger partial charge in [-0.05, 0) is 42.2 Å². The third kappa shape index (κ3) is 3.25. The summed E-state index contributed by atoms with van der Waals surface area (Å²) < 4.78 is 0. The van der Waals surface area contributed by atoms with Gasteiger partial charge in [0.1, 0.15) is 5.60 Å². The molecule has 1 unspecified atom stereocenters. The fraction of sp³-hybridized carbons (Fsp3) is 0.455. The van der Waals surface area contributed by atoms with Crippen molar-refractivity contribution in [3.8, 4) is 0 Å². The summed E-state index contributed by atoms with van der Waals surface area (Å²) in [5, 5.41) is 14.7. The van der Waals surface area contributed by atoms with Crippen LogP contribution in [0.3, 0.4) is 0 Å². The Bertz CT molecular complexity index is 783. The van der Waals surface area contributed by atoms with Gasteiger partial charge >= 0.3 is 0 Å². The number of piperazine rings is 1. The maximum absolute atomic E-state index is 11.3. The van der Waals surface area contributed by atoms with Crippen molar-refractivity contribution in [2.75, 3.05) is 44.2 Å². The molecule has 2 aromatic rings. The number of nitrogens with one attached hydrogen (secondary N) is 1. The number of anilines is 1. The lowest BCUT2D eigenvalue weighted by atomic mass is 9.86. The highest BCUT2D eigenvalue weighted by molar-refractivity contribution is 5.56. The Morgan fingerprint density at radius 2 is 1.77 bits per heavy atom. The van der Waals surface area contributed by atoms with E-state index in [9.17, 15) is 5.11 Å². The summed E-state index contributed by atoms with van der Waals surface area (Å²) in [5.41, 5.74) is 5.60. The van der Waals surface area contributed by atoms with Gasteiger partial charge < -0.3 is 15.3 Å². The molecule has 4 heteroatoms. The number of β-amino-alcohol motifs (C(OH)–C–C–N with tert-alkyl or cyclic N) is 1. The molecule has 0 aliphatic carbocycles. The Morgan fingerprint density at radius 1 is 1.00 bits per heavy atom. The molecule has 2 aromatic carbocycles. The summed E-state index contributed by atoms with van der Waals surface area (Å²) in [6, 6.07) is 14.8. The molecule has 2 aliphatic rings. The number of aliphatic hydroxyl groups is 1. The molecule has 26 heavy (non-hydrogen) atoms. The molecule has 0 saturated carbocycles. The molecule has 0 radical (unpaired) electrons. The van der Waals surface area contributed by atoms with E-state index in [1.165, 1.54) is 22.4 Å². The van der Waals surface area contributed by atoms with Crippen LogP contribution in [0, 0.1) is 13.8 Å². The van der Waals surface area contributed by atoms with E-state index in [1.54, 1.807) is 0 Å². The van der Waals surface area contributed by atoms with E-state index in [0.29, 0.717) is 13.1 Å². The van der Waals surface area contributed by atoms with Crippen LogP contribution in [0.1, 0.15) is 22.3 Å². The summed E-state index contributed by atoms with van der Waals surface area (Å²) in [6.07, 6.45) is 0. The number of benzene rings is 2. The first kappa shape index (κ1) is 17.5. The van der Waals surface area contributed by atoms with Crippen molar-refractivity contribution in [1.29, 1.82) is 0 Å². The zero-order valence-corrected chi connectivity index (χ0v) is 15.8. The first-order chi connectivity index (χ1) is 12.6. The van der Waals surface area contributed by atoms with Gasteiger partial charge in [-0.1, -0.05) is 36.4 Å². The Labute approximate surface area is 156 Å². The lowest BCUT2D eigenvalue weighted by molar-refractivity contribution is -0.00797. The molecule has 1 atom stereocenters.